The number of amides is 1. The Kier molecular flexibility index (Phi) is 4.29. The molecule has 5 heteroatoms. The van der Waals surface area contributed by atoms with Crippen molar-refractivity contribution in [1.29, 1.82) is 0 Å². The summed E-state index contributed by atoms with van der Waals surface area (Å²) in [6, 6.07) is 15.0. The average Bonchev–Trinajstić information content (AvgIpc) is 3.04. The van der Waals surface area contributed by atoms with Gasteiger partial charge in [-0.25, -0.2) is 0 Å². The van der Waals surface area contributed by atoms with Gasteiger partial charge in [-0.3, -0.25) is 15.1 Å². The van der Waals surface area contributed by atoms with Gasteiger partial charge in [-0.15, -0.1) is 0 Å². The molecule has 114 valence electrons. The van der Waals surface area contributed by atoms with Crippen LogP contribution in [0.4, 0.5) is 5.88 Å². The molecule has 0 radical (unpaired) electrons. The number of aryl methyl sites for hydroxylation is 1. The number of nitrogens with one attached hydrogen (secondary N) is 1. The minimum Gasteiger partial charge on any atom is -0.338 e. The zero-order valence-corrected chi connectivity index (χ0v) is 12.6. The summed E-state index contributed by atoms with van der Waals surface area (Å²) in [5, 5.41) is 6.52. The summed E-state index contributed by atoms with van der Waals surface area (Å²) in [6.07, 6.45) is 4.87. The maximum atomic E-state index is 11.9. The van der Waals surface area contributed by atoms with E-state index in [-0.39, 0.29) is 11.8 Å². The summed E-state index contributed by atoms with van der Waals surface area (Å²) in [5.41, 5.74) is 3.39. The maximum absolute atomic E-state index is 11.9. The van der Waals surface area contributed by atoms with Crippen LogP contribution in [0.2, 0.25) is 0 Å². The van der Waals surface area contributed by atoms with Gasteiger partial charge < -0.3 is 4.52 Å². The van der Waals surface area contributed by atoms with Crippen LogP contribution in [0.5, 0.6) is 0 Å². The van der Waals surface area contributed by atoms with Crippen molar-refractivity contribution in [2.75, 3.05) is 5.32 Å². The second-order valence-corrected chi connectivity index (χ2v) is 5.02. The summed E-state index contributed by atoms with van der Waals surface area (Å²) < 4.78 is 5.10. The summed E-state index contributed by atoms with van der Waals surface area (Å²) in [7, 11) is 0. The number of pyridine rings is 1. The van der Waals surface area contributed by atoms with Crippen molar-refractivity contribution in [2.24, 2.45) is 0 Å². The van der Waals surface area contributed by atoms with Gasteiger partial charge >= 0.3 is 0 Å². The molecule has 5 nitrogen and oxygen atoms in total. The molecule has 1 N–H and O–H groups in total. The molecule has 0 saturated carbocycles. The summed E-state index contributed by atoms with van der Waals surface area (Å²) in [6.45, 7) is 2.02. The fourth-order valence-electron chi connectivity index (χ4n) is 1.98. The number of rotatable bonds is 4. The van der Waals surface area contributed by atoms with E-state index in [2.05, 4.69) is 15.5 Å². The van der Waals surface area contributed by atoms with E-state index < -0.39 is 0 Å². The van der Waals surface area contributed by atoms with Crippen LogP contribution >= 0.6 is 0 Å². The van der Waals surface area contributed by atoms with E-state index in [1.807, 2.05) is 49.4 Å². The van der Waals surface area contributed by atoms with Crippen LogP contribution in [0.25, 0.3) is 17.5 Å². The van der Waals surface area contributed by atoms with Crippen molar-refractivity contribution in [1.82, 2.24) is 10.1 Å². The Bertz CT molecular complexity index is 821. The molecule has 1 aromatic carbocycles. The number of nitrogens with zero attached hydrogens (tertiary/aromatic N) is 2. The predicted octanol–water partition coefficient (Wildman–Crippen LogP) is 3.70. The van der Waals surface area contributed by atoms with Crippen LogP contribution in [0.3, 0.4) is 0 Å². The smallest absolute Gasteiger partial charge is 0.250 e. The molecular weight excluding hydrogens is 290 g/mol. The lowest BCUT2D eigenvalue weighted by Crippen LogP contribution is -2.06. The Hall–Kier alpha value is -3.21. The first-order chi connectivity index (χ1) is 11.2. The fourth-order valence-corrected chi connectivity index (χ4v) is 1.98. The molecule has 0 aliphatic rings. The van der Waals surface area contributed by atoms with E-state index in [4.69, 9.17) is 4.52 Å². The molecule has 2 heterocycles. The number of hydrogen-bond donors (Lipinski definition) is 1. The molecule has 0 saturated heterocycles. The summed E-state index contributed by atoms with van der Waals surface area (Å²) in [4.78, 5) is 16.1. The van der Waals surface area contributed by atoms with Gasteiger partial charge in [0.15, 0.2) is 0 Å². The monoisotopic (exact) mass is 305 g/mol. The van der Waals surface area contributed by atoms with Crippen LogP contribution in [0, 0.1) is 6.92 Å². The second kappa shape index (κ2) is 6.70. The lowest BCUT2D eigenvalue weighted by molar-refractivity contribution is -0.112. The van der Waals surface area contributed by atoms with E-state index >= 15 is 0 Å². The molecule has 3 rings (SSSR count). The standard InChI is InChI=1S/C18H15N3O2/c1-13-5-7-14(8-6-13)9-10-17(22)20-18-12-16(21-23-18)15-4-2-3-11-19-15/h2-12H,1H3,(H,20,22). The van der Waals surface area contributed by atoms with Gasteiger partial charge in [0.25, 0.3) is 5.91 Å². The van der Waals surface area contributed by atoms with Crippen LogP contribution in [0.1, 0.15) is 11.1 Å². The zero-order valence-electron chi connectivity index (χ0n) is 12.6. The van der Waals surface area contributed by atoms with E-state index in [1.165, 1.54) is 11.6 Å². The van der Waals surface area contributed by atoms with E-state index in [0.29, 0.717) is 11.4 Å². The number of hydrogen-bond acceptors (Lipinski definition) is 4. The van der Waals surface area contributed by atoms with Crippen molar-refractivity contribution < 1.29 is 9.32 Å². The molecule has 23 heavy (non-hydrogen) atoms. The zero-order chi connectivity index (χ0) is 16.1. The van der Waals surface area contributed by atoms with Crippen molar-refractivity contribution in [3.63, 3.8) is 0 Å². The number of benzene rings is 1. The van der Waals surface area contributed by atoms with Gasteiger partial charge in [-0.1, -0.05) is 41.1 Å². The first-order valence-electron chi connectivity index (χ1n) is 7.14. The van der Waals surface area contributed by atoms with Crippen LogP contribution in [0.15, 0.2) is 65.3 Å². The van der Waals surface area contributed by atoms with Crippen LogP contribution < -0.4 is 5.32 Å². The lowest BCUT2D eigenvalue weighted by Gasteiger charge is -1.96. The number of carbonyl (C=O) groups is 1. The van der Waals surface area contributed by atoms with Crippen LogP contribution in [-0.2, 0) is 4.79 Å². The third kappa shape index (κ3) is 3.91. The molecule has 3 aromatic rings. The van der Waals surface area contributed by atoms with E-state index in [0.717, 1.165) is 5.56 Å². The Balaban J connectivity index is 1.64. The first-order valence-corrected chi connectivity index (χ1v) is 7.14. The second-order valence-electron chi connectivity index (χ2n) is 5.02. The summed E-state index contributed by atoms with van der Waals surface area (Å²) >= 11 is 0. The summed E-state index contributed by atoms with van der Waals surface area (Å²) in [5.74, 6) is -0.00138. The third-order valence-corrected chi connectivity index (χ3v) is 3.19. The molecule has 2 aromatic heterocycles. The van der Waals surface area contributed by atoms with E-state index in [1.54, 1.807) is 18.3 Å². The molecule has 0 fully saturated rings. The lowest BCUT2D eigenvalue weighted by atomic mass is 10.1. The normalized spacial score (nSPS) is 10.8. The molecule has 0 atom stereocenters. The average molecular weight is 305 g/mol. The van der Waals surface area contributed by atoms with Gasteiger partial charge in [-0.2, -0.15) is 0 Å². The van der Waals surface area contributed by atoms with Gasteiger partial charge in [0.05, 0.1) is 5.69 Å². The molecule has 0 aliphatic heterocycles. The minimum absolute atomic E-state index is 0.282. The quantitative estimate of drug-likeness (QED) is 0.746. The van der Waals surface area contributed by atoms with Crippen molar-refractivity contribution in [3.05, 3.63) is 71.9 Å². The molecule has 0 bridgehead atoms. The third-order valence-electron chi connectivity index (χ3n) is 3.19. The molecular formula is C18H15N3O2. The van der Waals surface area contributed by atoms with Gasteiger partial charge in [0.1, 0.15) is 5.69 Å². The number of aromatic nitrogens is 2. The predicted molar refractivity (Wildman–Crippen MR) is 88.6 cm³/mol. The SMILES string of the molecule is Cc1ccc(C=CC(=O)Nc2cc(-c3ccccn3)no2)cc1. The fraction of sp³-hybridized carbons (Fsp3) is 0.0556. The minimum atomic E-state index is -0.283. The maximum Gasteiger partial charge on any atom is 0.250 e. The topological polar surface area (TPSA) is 68.0 Å². The molecule has 1 amide bonds. The van der Waals surface area contributed by atoms with Crippen LogP contribution in [-0.4, -0.2) is 16.0 Å². The first kappa shape index (κ1) is 14.7. The number of anilines is 1. The molecule has 0 spiro atoms. The van der Waals surface area contributed by atoms with E-state index in [9.17, 15) is 4.79 Å². The van der Waals surface area contributed by atoms with Gasteiger partial charge in [-0.05, 0) is 30.7 Å². The Morgan fingerprint density at radius 2 is 1.96 bits per heavy atom. The Morgan fingerprint density at radius 3 is 2.70 bits per heavy atom. The van der Waals surface area contributed by atoms with Gasteiger partial charge in [0.2, 0.25) is 5.88 Å². The molecule has 0 unspecified atom stereocenters. The highest BCUT2D eigenvalue weighted by Crippen LogP contribution is 2.19. The number of carbonyl (C=O) groups excluding carboxylic acids is 1. The van der Waals surface area contributed by atoms with Crippen molar-refractivity contribution in [3.8, 4) is 11.4 Å². The van der Waals surface area contributed by atoms with Gasteiger partial charge in [0, 0.05) is 18.3 Å². The largest absolute Gasteiger partial charge is 0.338 e. The van der Waals surface area contributed by atoms with Crippen molar-refractivity contribution in [2.45, 2.75) is 6.92 Å². The Morgan fingerprint density at radius 1 is 1.13 bits per heavy atom. The highest BCUT2D eigenvalue weighted by Gasteiger charge is 2.08. The highest BCUT2D eigenvalue weighted by molar-refractivity contribution is 6.01. The highest BCUT2D eigenvalue weighted by atomic mass is 16.5. The Labute approximate surface area is 133 Å². The van der Waals surface area contributed by atoms with Crippen molar-refractivity contribution >= 4 is 17.9 Å². The molecule has 0 aliphatic carbocycles.